The van der Waals surface area contributed by atoms with Gasteiger partial charge in [0, 0.05) is 22.6 Å². The normalized spacial score (nSPS) is 17.6. The van der Waals surface area contributed by atoms with Crippen LogP contribution in [0.3, 0.4) is 0 Å². The SMILES string of the molecule is Cc1cc2c(n1-c1ccc(CC#N)cc1)CCCC2O. The zero-order chi connectivity index (χ0) is 14.1. The smallest absolute Gasteiger partial charge is 0.0807 e. The first-order chi connectivity index (χ1) is 9.70. The zero-order valence-corrected chi connectivity index (χ0v) is 11.6. The average Bonchev–Trinajstić information content (AvgIpc) is 2.78. The number of hydrogen-bond acceptors (Lipinski definition) is 2. The highest BCUT2D eigenvalue weighted by molar-refractivity contribution is 5.44. The highest BCUT2D eigenvalue weighted by Crippen LogP contribution is 2.33. The fourth-order valence-corrected chi connectivity index (χ4v) is 3.09. The molecule has 0 aliphatic heterocycles. The van der Waals surface area contributed by atoms with Crippen molar-refractivity contribution >= 4 is 0 Å². The Morgan fingerprint density at radius 1 is 1.35 bits per heavy atom. The van der Waals surface area contributed by atoms with Gasteiger partial charge in [-0.15, -0.1) is 0 Å². The minimum Gasteiger partial charge on any atom is -0.388 e. The molecule has 3 heteroatoms. The summed E-state index contributed by atoms with van der Waals surface area (Å²) in [4.78, 5) is 0. The number of nitrogens with zero attached hydrogens (tertiary/aromatic N) is 2. The molecular formula is C17H18N2O. The first kappa shape index (κ1) is 13.0. The van der Waals surface area contributed by atoms with Crippen molar-refractivity contribution in [3.05, 3.63) is 52.8 Å². The van der Waals surface area contributed by atoms with Crippen molar-refractivity contribution in [1.29, 1.82) is 5.26 Å². The van der Waals surface area contributed by atoms with Gasteiger partial charge in [0.15, 0.2) is 0 Å². The maximum atomic E-state index is 10.1. The molecule has 1 heterocycles. The molecule has 3 rings (SSSR count). The predicted octanol–water partition coefficient (Wildman–Crippen LogP) is 3.22. The van der Waals surface area contributed by atoms with E-state index < -0.39 is 0 Å². The second-order valence-electron chi connectivity index (χ2n) is 5.43. The van der Waals surface area contributed by atoms with Gasteiger partial charge >= 0.3 is 0 Å². The van der Waals surface area contributed by atoms with E-state index in [1.165, 1.54) is 5.69 Å². The maximum Gasteiger partial charge on any atom is 0.0807 e. The molecule has 1 aromatic carbocycles. The van der Waals surface area contributed by atoms with Crippen LogP contribution in [-0.4, -0.2) is 9.67 Å². The van der Waals surface area contributed by atoms with E-state index in [-0.39, 0.29) is 6.10 Å². The molecule has 20 heavy (non-hydrogen) atoms. The van der Waals surface area contributed by atoms with Crippen molar-refractivity contribution in [1.82, 2.24) is 4.57 Å². The fourth-order valence-electron chi connectivity index (χ4n) is 3.09. The number of nitriles is 1. The van der Waals surface area contributed by atoms with Gasteiger partial charge in [-0.3, -0.25) is 0 Å². The molecule has 1 aromatic heterocycles. The molecule has 102 valence electrons. The van der Waals surface area contributed by atoms with Gasteiger partial charge in [-0.05, 0) is 49.9 Å². The Hall–Kier alpha value is -2.05. The Morgan fingerprint density at radius 3 is 2.80 bits per heavy atom. The van der Waals surface area contributed by atoms with Crippen LogP contribution in [0.5, 0.6) is 0 Å². The lowest BCUT2D eigenvalue weighted by atomic mass is 9.95. The summed E-state index contributed by atoms with van der Waals surface area (Å²) in [6.45, 7) is 2.08. The molecule has 0 saturated heterocycles. The van der Waals surface area contributed by atoms with Crippen LogP contribution in [-0.2, 0) is 12.8 Å². The molecule has 1 unspecified atom stereocenters. The van der Waals surface area contributed by atoms with Crippen molar-refractivity contribution < 1.29 is 5.11 Å². The highest BCUT2D eigenvalue weighted by Gasteiger charge is 2.23. The van der Waals surface area contributed by atoms with Crippen LogP contribution in [0.2, 0.25) is 0 Å². The maximum absolute atomic E-state index is 10.1. The lowest BCUT2D eigenvalue weighted by Gasteiger charge is -2.20. The average molecular weight is 266 g/mol. The number of aliphatic hydroxyl groups is 1. The second kappa shape index (κ2) is 5.15. The number of aliphatic hydroxyl groups excluding tert-OH is 1. The van der Waals surface area contributed by atoms with E-state index in [0.717, 1.165) is 41.8 Å². The van der Waals surface area contributed by atoms with Gasteiger partial charge in [-0.25, -0.2) is 0 Å². The molecule has 0 fully saturated rings. The van der Waals surface area contributed by atoms with E-state index in [0.29, 0.717) is 6.42 Å². The summed E-state index contributed by atoms with van der Waals surface area (Å²) in [6, 6.07) is 12.4. The molecule has 0 radical (unpaired) electrons. The van der Waals surface area contributed by atoms with E-state index in [1.54, 1.807) is 0 Å². The number of rotatable bonds is 2. The summed E-state index contributed by atoms with van der Waals surface area (Å²) in [5.74, 6) is 0. The van der Waals surface area contributed by atoms with Crippen LogP contribution in [0, 0.1) is 18.3 Å². The lowest BCUT2D eigenvalue weighted by molar-refractivity contribution is 0.156. The number of benzene rings is 1. The van der Waals surface area contributed by atoms with E-state index in [4.69, 9.17) is 5.26 Å². The molecule has 2 aromatic rings. The minimum absolute atomic E-state index is 0.323. The monoisotopic (exact) mass is 266 g/mol. The van der Waals surface area contributed by atoms with Gasteiger partial charge < -0.3 is 9.67 Å². The minimum atomic E-state index is -0.323. The molecule has 0 spiro atoms. The molecule has 0 saturated carbocycles. The molecule has 1 atom stereocenters. The third-order valence-electron chi connectivity index (χ3n) is 4.05. The Kier molecular flexibility index (Phi) is 3.33. The quantitative estimate of drug-likeness (QED) is 0.907. The summed E-state index contributed by atoms with van der Waals surface area (Å²) >= 11 is 0. The molecule has 1 aliphatic rings. The largest absolute Gasteiger partial charge is 0.388 e. The Balaban J connectivity index is 2.04. The summed E-state index contributed by atoms with van der Waals surface area (Å²) in [6.07, 6.45) is 3.03. The number of hydrogen-bond donors (Lipinski definition) is 1. The van der Waals surface area contributed by atoms with Crippen LogP contribution >= 0.6 is 0 Å². The Bertz CT molecular complexity index is 662. The van der Waals surface area contributed by atoms with Crippen molar-refractivity contribution in [3.63, 3.8) is 0 Å². The molecule has 3 nitrogen and oxygen atoms in total. The van der Waals surface area contributed by atoms with Crippen LogP contribution in [0.1, 0.15) is 41.5 Å². The van der Waals surface area contributed by atoms with Crippen molar-refractivity contribution in [2.75, 3.05) is 0 Å². The lowest BCUT2D eigenvalue weighted by Crippen LogP contribution is -2.11. The summed E-state index contributed by atoms with van der Waals surface area (Å²) in [5.41, 5.74) is 5.61. The summed E-state index contributed by atoms with van der Waals surface area (Å²) in [7, 11) is 0. The first-order valence-corrected chi connectivity index (χ1v) is 7.06. The molecule has 1 aliphatic carbocycles. The van der Waals surface area contributed by atoms with E-state index in [1.807, 2.05) is 12.1 Å². The Labute approximate surface area is 119 Å². The van der Waals surface area contributed by atoms with Gasteiger partial charge in [0.25, 0.3) is 0 Å². The van der Waals surface area contributed by atoms with Gasteiger partial charge in [0.05, 0.1) is 18.6 Å². The highest BCUT2D eigenvalue weighted by atomic mass is 16.3. The van der Waals surface area contributed by atoms with Crippen molar-refractivity contribution in [2.24, 2.45) is 0 Å². The van der Waals surface area contributed by atoms with Crippen LogP contribution in [0.4, 0.5) is 0 Å². The second-order valence-corrected chi connectivity index (χ2v) is 5.43. The van der Waals surface area contributed by atoms with Gasteiger partial charge in [-0.2, -0.15) is 5.26 Å². The zero-order valence-electron chi connectivity index (χ0n) is 11.6. The van der Waals surface area contributed by atoms with Crippen LogP contribution in [0.15, 0.2) is 30.3 Å². The molecule has 1 N–H and O–H groups in total. The standard InChI is InChI=1S/C17H18N2O/c1-12-11-15-16(3-2-4-17(15)20)19(12)14-7-5-13(6-8-14)9-10-18/h5-8,11,17,20H,2-4,9H2,1H3. The van der Waals surface area contributed by atoms with Crippen LogP contribution < -0.4 is 0 Å². The van der Waals surface area contributed by atoms with Gasteiger partial charge in [0.2, 0.25) is 0 Å². The van der Waals surface area contributed by atoms with Crippen LogP contribution in [0.25, 0.3) is 5.69 Å². The topological polar surface area (TPSA) is 49.0 Å². The fraction of sp³-hybridized carbons (Fsp3) is 0.353. The molecule has 0 bridgehead atoms. The predicted molar refractivity (Wildman–Crippen MR) is 77.7 cm³/mol. The number of aromatic nitrogens is 1. The third kappa shape index (κ3) is 2.13. The number of aryl methyl sites for hydroxylation is 1. The van der Waals surface area contributed by atoms with E-state index >= 15 is 0 Å². The van der Waals surface area contributed by atoms with E-state index in [2.05, 4.69) is 35.8 Å². The van der Waals surface area contributed by atoms with Crippen molar-refractivity contribution in [2.45, 2.75) is 38.7 Å². The summed E-state index contributed by atoms with van der Waals surface area (Å²) < 4.78 is 2.23. The number of fused-ring (bicyclic) bond motifs is 1. The van der Waals surface area contributed by atoms with Crippen molar-refractivity contribution in [3.8, 4) is 11.8 Å². The first-order valence-electron chi connectivity index (χ1n) is 7.06. The van der Waals surface area contributed by atoms with Gasteiger partial charge in [-0.1, -0.05) is 12.1 Å². The molecular weight excluding hydrogens is 248 g/mol. The molecule has 0 amide bonds. The summed E-state index contributed by atoms with van der Waals surface area (Å²) in [5, 5.41) is 18.8. The van der Waals surface area contributed by atoms with Gasteiger partial charge in [0.1, 0.15) is 0 Å². The third-order valence-corrected chi connectivity index (χ3v) is 4.05. The Morgan fingerprint density at radius 2 is 2.10 bits per heavy atom. The van der Waals surface area contributed by atoms with E-state index in [9.17, 15) is 5.11 Å².